The van der Waals surface area contributed by atoms with Crippen LogP contribution in [0, 0.1) is 6.92 Å². The summed E-state index contributed by atoms with van der Waals surface area (Å²) in [5, 5.41) is 9.85. The molecule has 1 unspecified atom stereocenters. The quantitative estimate of drug-likeness (QED) is 0.453. The third kappa shape index (κ3) is 9.02. The SMILES string of the molecule is CCCC(CNC(=NC)NC1CCN(c2ccc(C)cn2)CC1)NC(=O)OC(C)(C)C. The number of alkyl carbamates (subject to hydrolysis) is 1. The third-order valence-electron chi connectivity index (χ3n) is 5.15. The molecule has 0 aliphatic carbocycles. The average Bonchev–Trinajstić information content (AvgIpc) is 2.71. The predicted octanol–water partition coefficient (Wildman–Crippen LogP) is 3.22. The van der Waals surface area contributed by atoms with E-state index < -0.39 is 5.60 Å². The van der Waals surface area contributed by atoms with Crippen molar-refractivity contribution in [2.24, 2.45) is 4.99 Å². The summed E-state index contributed by atoms with van der Waals surface area (Å²) in [5.74, 6) is 1.81. The molecule has 1 atom stereocenters. The zero-order valence-electron chi connectivity index (χ0n) is 20.0. The number of nitrogens with zero attached hydrogens (tertiary/aromatic N) is 3. The van der Waals surface area contributed by atoms with Crippen LogP contribution in [0.15, 0.2) is 23.3 Å². The predicted molar refractivity (Wildman–Crippen MR) is 127 cm³/mol. The molecule has 0 spiro atoms. The van der Waals surface area contributed by atoms with E-state index in [1.165, 1.54) is 5.56 Å². The van der Waals surface area contributed by atoms with Crippen molar-refractivity contribution in [3.8, 4) is 0 Å². The zero-order chi connectivity index (χ0) is 22.9. The summed E-state index contributed by atoms with van der Waals surface area (Å²) in [4.78, 5) is 23.4. The highest BCUT2D eigenvalue weighted by molar-refractivity contribution is 5.80. The number of amides is 1. The Hall–Kier alpha value is -2.51. The van der Waals surface area contributed by atoms with Gasteiger partial charge in [-0.3, -0.25) is 4.99 Å². The van der Waals surface area contributed by atoms with E-state index in [-0.39, 0.29) is 12.1 Å². The highest BCUT2D eigenvalue weighted by Crippen LogP contribution is 2.18. The van der Waals surface area contributed by atoms with Gasteiger partial charge in [0.1, 0.15) is 11.4 Å². The number of aryl methyl sites for hydroxylation is 1. The highest BCUT2D eigenvalue weighted by Gasteiger charge is 2.22. The van der Waals surface area contributed by atoms with E-state index in [1.54, 1.807) is 7.05 Å². The van der Waals surface area contributed by atoms with Crippen molar-refractivity contribution in [1.82, 2.24) is 20.9 Å². The van der Waals surface area contributed by atoms with E-state index in [4.69, 9.17) is 4.74 Å². The number of carbonyl (C=O) groups is 1. The highest BCUT2D eigenvalue weighted by atomic mass is 16.6. The molecule has 1 fully saturated rings. The lowest BCUT2D eigenvalue weighted by atomic mass is 10.1. The summed E-state index contributed by atoms with van der Waals surface area (Å²) in [6, 6.07) is 4.54. The Bertz CT molecular complexity index is 706. The van der Waals surface area contributed by atoms with E-state index >= 15 is 0 Å². The second-order valence-electron chi connectivity index (χ2n) is 9.18. The van der Waals surface area contributed by atoms with Crippen LogP contribution in [0.3, 0.4) is 0 Å². The molecule has 1 aromatic heterocycles. The smallest absolute Gasteiger partial charge is 0.407 e. The van der Waals surface area contributed by atoms with E-state index in [9.17, 15) is 4.79 Å². The first kappa shape index (κ1) is 24.8. The van der Waals surface area contributed by atoms with Crippen LogP contribution in [0.2, 0.25) is 0 Å². The number of aliphatic imine (C=N–C) groups is 1. The second-order valence-corrected chi connectivity index (χ2v) is 9.18. The van der Waals surface area contributed by atoms with Crippen molar-refractivity contribution in [2.45, 2.75) is 78.0 Å². The molecule has 3 N–H and O–H groups in total. The van der Waals surface area contributed by atoms with Gasteiger partial charge in [0.15, 0.2) is 5.96 Å². The molecular weight excluding hydrogens is 392 g/mol. The normalized spacial score (nSPS) is 16.6. The maximum Gasteiger partial charge on any atom is 0.407 e. The van der Waals surface area contributed by atoms with Gasteiger partial charge in [0.2, 0.25) is 0 Å². The fourth-order valence-electron chi connectivity index (χ4n) is 3.56. The molecule has 0 aromatic carbocycles. The minimum Gasteiger partial charge on any atom is -0.444 e. The van der Waals surface area contributed by atoms with Gasteiger partial charge in [-0.25, -0.2) is 9.78 Å². The molecule has 0 radical (unpaired) electrons. The van der Waals surface area contributed by atoms with Crippen molar-refractivity contribution < 1.29 is 9.53 Å². The van der Waals surface area contributed by atoms with Gasteiger partial charge >= 0.3 is 6.09 Å². The summed E-state index contributed by atoms with van der Waals surface area (Å²) in [6.07, 6.45) is 5.41. The fourth-order valence-corrected chi connectivity index (χ4v) is 3.56. The summed E-state index contributed by atoms with van der Waals surface area (Å²) in [7, 11) is 1.77. The van der Waals surface area contributed by atoms with Crippen molar-refractivity contribution in [3.63, 3.8) is 0 Å². The minimum absolute atomic E-state index is 0.0205. The average molecular weight is 433 g/mol. The number of pyridine rings is 1. The topological polar surface area (TPSA) is 90.9 Å². The molecule has 1 aliphatic heterocycles. The number of anilines is 1. The first-order valence-corrected chi connectivity index (χ1v) is 11.3. The molecule has 0 saturated carbocycles. The lowest BCUT2D eigenvalue weighted by Crippen LogP contribution is -2.52. The number of rotatable bonds is 7. The van der Waals surface area contributed by atoms with Gasteiger partial charge in [-0.15, -0.1) is 0 Å². The van der Waals surface area contributed by atoms with Gasteiger partial charge in [0, 0.05) is 45.0 Å². The second kappa shape index (κ2) is 11.8. The van der Waals surface area contributed by atoms with Gasteiger partial charge in [-0.1, -0.05) is 19.4 Å². The minimum atomic E-state index is -0.505. The Morgan fingerprint density at radius 3 is 2.58 bits per heavy atom. The van der Waals surface area contributed by atoms with E-state index in [1.807, 2.05) is 27.0 Å². The van der Waals surface area contributed by atoms with Crippen LogP contribution in [0.25, 0.3) is 0 Å². The number of carbonyl (C=O) groups excluding carboxylic acids is 1. The first-order chi connectivity index (χ1) is 14.7. The molecule has 1 saturated heterocycles. The Morgan fingerprint density at radius 1 is 1.32 bits per heavy atom. The van der Waals surface area contributed by atoms with Gasteiger partial charge in [-0.2, -0.15) is 0 Å². The van der Waals surface area contributed by atoms with Crippen LogP contribution in [-0.2, 0) is 4.74 Å². The molecular formula is C23H40N6O2. The fraction of sp³-hybridized carbons (Fsp3) is 0.696. The van der Waals surface area contributed by atoms with Crippen LogP contribution >= 0.6 is 0 Å². The largest absolute Gasteiger partial charge is 0.444 e. The lowest BCUT2D eigenvalue weighted by molar-refractivity contribution is 0.0502. The first-order valence-electron chi connectivity index (χ1n) is 11.3. The van der Waals surface area contributed by atoms with Crippen LogP contribution in [0.5, 0.6) is 0 Å². The summed E-state index contributed by atoms with van der Waals surface area (Å²) >= 11 is 0. The van der Waals surface area contributed by atoms with Gasteiger partial charge < -0.3 is 25.6 Å². The van der Waals surface area contributed by atoms with Crippen LogP contribution in [0.1, 0.15) is 58.9 Å². The van der Waals surface area contributed by atoms with Crippen LogP contribution in [-0.4, -0.2) is 61.4 Å². The lowest BCUT2D eigenvalue weighted by Gasteiger charge is -2.34. The summed E-state index contributed by atoms with van der Waals surface area (Å²) < 4.78 is 5.39. The van der Waals surface area contributed by atoms with E-state index in [0.29, 0.717) is 12.6 Å². The molecule has 8 nitrogen and oxygen atoms in total. The summed E-state index contributed by atoms with van der Waals surface area (Å²) in [6.45, 7) is 12.3. The molecule has 8 heteroatoms. The Kier molecular flexibility index (Phi) is 9.40. The third-order valence-corrected chi connectivity index (χ3v) is 5.15. The standard InChI is InChI=1S/C23H40N6O2/c1-7-8-19(28-22(30)31-23(3,4)5)16-26-21(24-6)27-18-11-13-29(14-12-18)20-10-9-17(2)15-25-20/h9-10,15,18-19H,7-8,11-14,16H2,1-6H3,(H,28,30)(H2,24,26,27). The van der Waals surface area contributed by atoms with Crippen LogP contribution in [0.4, 0.5) is 10.6 Å². The van der Waals surface area contributed by atoms with Gasteiger partial charge in [0.05, 0.1) is 0 Å². The molecule has 2 rings (SSSR count). The number of hydrogen-bond acceptors (Lipinski definition) is 5. The van der Waals surface area contributed by atoms with Crippen molar-refractivity contribution in [1.29, 1.82) is 0 Å². The molecule has 31 heavy (non-hydrogen) atoms. The number of guanidine groups is 1. The molecule has 0 bridgehead atoms. The Balaban J connectivity index is 1.79. The van der Waals surface area contributed by atoms with Gasteiger partial charge in [-0.05, 0) is 58.6 Å². The molecule has 2 heterocycles. The summed E-state index contributed by atoms with van der Waals surface area (Å²) in [5.41, 5.74) is 0.673. The van der Waals surface area contributed by atoms with Gasteiger partial charge in [0.25, 0.3) is 0 Å². The Morgan fingerprint density at radius 2 is 2.03 bits per heavy atom. The molecule has 1 aliphatic rings. The molecule has 174 valence electrons. The van der Waals surface area contributed by atoms with E-state index in [2.05, 4.69) is 56.8 Å². The zero-order valence-corrected chi connectivity index (χ0v) is 20.0. The number of piperidine rings is 1. The maximum atomic E-state index is 12.1. The maximum absolute atomic E-state index is 12.1. The Labute approximate surface area is 187 Å². The number of hydrogen-bond donors (Lipinski definition) is 3. The molecule has 1 aromatic rings. The van der Waals surface area contributed by atoms with Crippen LogP contribution < -0.4 is 20.9 Å². The number of nitrogens with one attached hydrogen (secondary N) is 3. The van der Waals surface area contributed by atoms with Crippen molar-refractivity contribution in [3.05, 3.63) is 23.9 Å². The van der Waals surface area contributed by atoms with Crippen molar-refractivity contribution >= 4 is 17.9 Å². The van der Waals surface area contributed by atoms with Crippen molar-refractivity contribution in [2.75, 3.05) is 31.6 Å². The van der Waals surface area contributed by atoms with E-state index in [0.717, 1.165) is 50.6 Å². The molecule has 1 amide bonds. The monoisotopic (exact) mass is 432 g/mol. The number of ether oxygens (including phenoxy) is 1. The number of aromatic nitrogens is 1.